The van der Waals surface area contributed by atoms with Crippen molar-refractivity contribution in [2.24, 2.45) is 13.0 Å². The highest BCUT2D eigenvalue weighted by Gasteiger charge is 2.48. The number of nitrogens with one attached hydrogen (secondary N) is 1. The van der Waals surface area contributed by atoms with Crippen LogP contribution in [0.25, 0.3) is 10.1 Å². The van der Waals surface area contributed by atoms with E-state index in [2.05, 4.69) is 15.3 Å². The van der Waals surface area contributed by atoms with Gasteiger partial charge in [-0.3, -0.25) is 9.59 Å². The number of rotatable bonds is 4. The average molecular weight is 395 g/mol. The second kappa shape index (κ2) is 6.70. The quantitative estimate of drug-likeness (QED) is 0.736. The van der Waals surface area contributed by atoms with Crippen molar-refractivity contribution in [3.05, 3.63) is 41.9 Å². The normalized spacial score (nSPS) is 22.6. The number of pyridine rings is 1. The summed E-state index contributed by atoms with van der Waals surface area (Å²) in [6.45, 7) is 0. The number of fused-ring (bicyclic) bond motifs is 1. The van der Waals surface area contributed by atoms with Crippen molar-refractivity contribution < 1.29 is 9.59 Å². The fourth-order valence-corrected chi connectivity index (χ4v) is 4.92. The largest absolute Gasteiger partial charge is 0.336 e. The van der Waals surface area contributed by atoms with Crippen molar-refractivity contribution >= 4 is 39.1 Å². The van der Waals surface area contributed by atoms with Gasteiger partial charge in [0.05, 0.1) is 5.92 Å². The van der Waals surface area contributed by atoms with Crippen molar-refractivity contribution in [1.29, 1.82) is 0 Å². The van der Waals surface area contributed by atoms with Crippen LogP contribution in [-0.4, -0.2) is 37.3 Å². The number of hydrogen-bond donors (Lipinski definition) is 1. The molecule has 4 heterocycles. The summed E-state index contributed by atoms with van der Waals surface area (Å²) >= 11 is 1.62. The molecule has 0 radical (unpaired) electrons. The lowest BCUT2D eigenvalue weighted by Crippen LogP contribution is -2.48. The SMILES string of the molecule is Cn1ccnc1[C@@H]1[C@@H](C(=O)Nc2nccc3sccc23)CCC(=O)N1C1CC1. The maximum Gasteiger partial charge on any atom is 0.231 e. The Kier molecular flexibility index (Phi) is 4.16. The van der Waals surface area contributed by atoms with E-state index in [0.29, 0.717) is 18.7 Å². The molecule has 3 aromatic heterocycles. The highest BCUT2D eigenvalue weighted by molar-refractivity contribution is 7.17. The van der Waals surface area contributed by atoms with Crippen LogP contribution in [0.5, 0.6) is 0 Å². The van der Waals surface area contributed by atoms with Crippen LogP contribution in [0.15, 0.2) is 36.1 Å². The lowest BCUT2D eigenvalue weighted by atomic mass is 9.86. The summed E-state index contributed by atoms with van der Waals surface area (Å²) < 4.78 is 3.00. The van der Waals surface area contributed by atoms with E-state index < -0.39 is 0 Å². The van der Waals surface area contributed by atoms with Crippen molar-refractivity contribution in [3.8, 4) is 0 Å². The van der Waals surface area contributed by atoms with E-state index in [9.17, 15) is 9.59 Å². The molecule has 0 unspecified atom stereocenters. The summed E-state index contributed by atoms with van der Waals surface area (Å²) in [7, 11) is 1.91. The van der Waals surface area contributed by atoms with Crippen molar-refractivity contribution in [3.63, 3.8) is 0 Å². The van der Waals surface area contributed by atoms with Crippen LogP contribution in [0.4, 0.5) is 5.82 Å². The first kappa shape index (κ1) is 17.4. The Labute approximate surface area is 166 Å². The fraction of sp³-hybridized carbons (Fsp3) is 0.400. The summed E-state index contributed by atoms with van der Waals surface area (Å²) in [5.41, 5.74) is 0. The molecular weight excluding hydrogens is 374 g/mol. The highest BCUT2D eigenvalue weighted by Crippen LogP contribution is 2.43. The zero-order valence-corrected chi connectivity index (χ0v) is 16.4. The summed E-state index contributed by atoms with van der Waals surface area (Å²) in [4.78, 5) is 36.8. The Morgan fingerprint density at radius 1 is 1.21 bits per heavy atom. The molecule has 144 valence electrons. The molecule has 2 aliphatic rings. The van der Waals surface area contributed by atoms with E-state index in [1.54, 1.807) is 23.7 Å². The minimum atomic E-state index is -0.352. The third-order valence-corrected chi connectivity index (χ3v) is 6.54. The summed E-state index contributed by atoms with van der Waals surface area (Å²) in [6.07, 6.45) is 8.21. The third-order valence-electron chi connectivity index (χ3n) is 5.66. The number of thiophene rings is 1. The van der Waals surface area contributed by atoms with Crippen LogP contribution in [-0.2, 0) is 16.6 Å². The van der Waals surface area contributed by atoms with Crippen molar-refractivity contribution in [2.75, 3.05) is 5.32 Å². The van der Waals surface area contributed by atoms with Gasteiger partial charge in [0.2, 0.25) is 11.8 Å². The first-order valence-corrected chi connectivity index (χ1v) is 10.4. The molecule has 2 atom stereocenters. The molecule has 5 rings (SSSR count). The minimum absolute atomic E-state index is 0.0997. The van der Waals surface area contributed by atoms with Crippen LogP contribution in [0.2, 0.25) is 0 Å². The number of likely N-dealkylation sites (tertiary alicyclic amines) is 1. The summed E-state index contributed by atoms with van der Waals surface area (Å²) in [5.74, 6) is 1.02. The predicted molar refractivity (Wildman–Crippen MR) is 107 cm³/mol. The number of imidazole rings is 1. The van der Waals surface area contributed by atoms with Gasteiger partial charge in [0, 0.05) is 48.2 Å². The maximum atomic E-state index is 13.3. The Balaban J connectivity index is 1.49. The zero-order chi connectivity index (χ0) is 19.3. The number of nitrogens with zero attached hydrogens (tertiary/aromatic N) is 4. The molecule has 3 aromatic rings. The number of piperidine rings is 1. The number of hydrogen-bond acceptors (Lipinski definition) is 5. The molecule has 0 aromatic carbocycles. The maximum absolute atomic E-state index is 13.3. The van der Waals surface area contributed by atoms with Crippen LogP contribution < -0.4 is 5.32 Å². The van der Waals surface area contributed by atoms with Crippen LogP contribution in [0.3, 0.4) is 0 Å². The highest BCUT2D eigenvalue weighted by atomic mass is 32.1. The molecule has 1 saturated carbocycles. The van der Waals surface area contributed by atoms with E-state index in [1.807, 2.05) is 40.2 Å². The van der Waals surface area contributed by atoms with Gasteiger partial charge in [-0.1, -0.05) is 0 Å². The number of anilines is 1. The van der Waals surface area contributed by atoms with E-state index in [4.69, 9.17) is 0 Å². The van der Waals surface area contributed by atoms with Crippen molar-refractivity contribution in [2.45, 2.75) is 37.8 Å². The van der Waals surface area contributed by atoms with Crippen LogP contribution >= 0.6 is 11.3 Å². The lowest BCUT2D eigenvalue weighted by molar-refractivity contribution is -0.143. The monoisotopic (exact) mass is 395 g/mol. The smallest absolute Gasteiger partial charge is 0.231 e. The van der Waals surface area contributed by atoms with E-state index in [0.717, 1.165) is 28.8 Å². The molecule has 1 saturated heterocycles. The molecular formula is C20H21N5O2S. The van der Waals surface area contributed by atoms with Gasteiger partial charge >= 0.3 is 0 Å². The number of aromatic nitrogens is 3. The molecule has 8 heteroatoms. The standard InChI is InChI=1S/C20H21N5O2S/c1-24-10-9-22-19(24)17-14(4-5-16(26)25(17)12-2-3-12)20(27)23-18-13-7-11-28-15(13)6-8-21-18/h6-12,14,17H,2-5H2,1H3,(H,21,23,27)/t14-,17-/m0/s1. The molecule has 7 nitrogen and oxygen atoms in total. The van der Waals surface area contributed by atoms with E-state index in [1.165, 1.54) is 0 Å². The minimum Gasteiger partial charge on any atom is -0.336 e. The molecule has 0 bridgehead atoms. The first-order valence-electron chi connectivity index (χ1n) is 9.55. The second-order valence-electron chi connectivity index (χ2n) is 7.50. The molecule has 1 N–H and O–H groups in total. The van der Waals surface area contributed by atoms with Gasteiger partial charge < -0.3 is 14.8 Å². The van der Waals surface area contributed by atoms with Gasteiger partial charge in [0.1, 0.15) is 17.7 Å². The van der Waals surface area contributed by atoms with Crippen LogP contribution in [0, 0.1) is 5.92 Å². The Morgan fingerprint density at radius 3 is 2.82 bits per heavy atom. The fourth-order valence-electron chi connectivity index (χ4n) is 4.14. The van der Waals surface area contributed by atoms with E-state index in [-0.39, 0.29) is 29.8 Å². The van der Waals surface area contributed by atoms with Gasteiger partial charge in [0.15, 0.2) is 0 Å². The van der Waals surface area contributed by atoms with Gasteiger partial charge in [-0.25, -0.2) is 9.97 Å². The van der Waals surface area contributed by atoms with E-state index >= 15 is 0 Å². The molecule has 28 heavy (non-hydrogen) atoms. The Morgan fingerprint density at radius 2 is 2.07 bits per heavy atom. The molecule has 2 amide bonds. The Hall–Kier alpha value is -2.74. The third kappa shape index (κ3) is 2.88. The average Bonchev–Trinajstić information content (AvgIpc) is 3.23. The Bertz CT molecular complexity index is 1050. The topological polar surface area (TPSA) is 80.1 Å². The molecule has 1 aliphatic carbocycles. The number of carbonyl (C=O) groups is 2. The van der Waals surface area contributed by atoms with Gasteiger partial charge in [-0.05, 0) is 36.8 Å². The molecule has 2 fully saturated rings. The number of amides is 2. The second-order valence-corrected chi connectivity index (χ2v) is 8.45. The van der Waals surface area contributed by atoms with Crippen LogP contribution in [0.1, 0.15) is 37.5 Å². The van der Waals surface area contributed by atoms with Gasteiger partial charge in [0.25, 0.3) is 0 Å². The predicted octanol–water partition coefficient (Wildman–Crippen LogP) is 3.11. The number of carbonyl (C=O) groups excluding carboxylic acids is 2. The van der Waals surface area contributed by atoms with Crippen molar-refractivity contribution in [1.82, 2.24) is 19.4 Å². The molecule has 0 spiro atoms. The lowest BCUT2D eigenvalue weighted by Gasteiger charge is -2.40. The summed E-state index contributed by atoms with van der Waals surface area (Å²) in [5, 5.41) is 5.97. The van der Waals surface area contributed by atoms with Gasteiger partial charge in [-0.2, -0.15) is 0 Å². The zero-order valence-electron chi connectivity index (χ0n) is 15.5. The molecule has 1 aliphatic heterocycles. The number of aryl methyl sites for hydroxylation is 1. The first-order chi connectivity index (χ1) is 13.6. The summed E-state index contributed by atoms with van der Waals surface area (Å²) in [6, 6.07) is 3.80. The van der Waals surface area contributed by atoms with Gasteiger partial charge in [-0.15, -0.1) is 11.3 Å².